The number of ether oxygens (including phenoxy) is 6. The molecule has 0 radical (unpaired) electrons. The molecule has 4 rings (SSSR count). The van der Waals surface area contributed by atoms with Crippen molar-refractivity contribution in [2.45, 2.75) is 127 Å². The van der Waals surface area contributed by atoms with Crippen molar-refractivity contribution in [3.05, 3.63) is 132 Å². The monoisotopic (exact) mass is 938 g/mol. The number of esters is 2. The molecule has 2 unspecified atom stereocenters. The zero-order valence-electron chi connectivity index (χ0n) is 40.5. The van der Waals surface area contributed by atoms with Gasteiger partial charge in [0.05, 0.1) is 0 Å². The Morgan fingerprint density at radius 2 is 0.773 bits per heavy atom. The van der Waals surface area contributed by atoms with E-state index in [0.717, 1.165) is 78.8 Å². The Morgan fingerprint density at radius 3 is 1.03 bits per heavy atom. The molecule has 0 amide bonds. The predicted octanol–water partition coefficient (Wildman–Crippen LogP) is 13.4. The minimum absolute atomic E-state index is 0.0864. The molecule has 12 heteroatoms. The van der Waals surface area contributed by atoms with Crippen LogP contribution in [0.15, 0.2) is 120 Å². The van der Waals surface area contributed by atoms with Gasteiger partial charge in [-0.2, -0.15) is 0 Å². The second kappa shape index (κ2) is 22.8. The van der Waals surface area contributed by atoms with E-state index in [-0.39, 0.29) is 26.4 Å². The van der Waals surface area contributed by atoms with Crippen molar-refractivity contribution in [1.29, 1.82) is 0 Å². The van der Waals surface area contributed by atoms with Crippen LogP contribution >= 0.6 is 23.5 Å². The summed E-state index contributed by atoms with van der Waals surface area (Å²) in [6, 6.07) is 26.9. The van der Waals surface area contributed by atoms with E-state index in [0.29, 0.717) is 11.5 Å². The van der Waals surface area contributed by atoms with E-state index in [2.05, 4.69) is 121 Å². The van der Waals surface area contributed by atoms with Crippen molar-refractivity contribution in [2.75, 3.05) is 26.4 Å². The fraction of sp³-hybridized carbons (Fsp3) is 0.407. The van der Waals surface area contributed by atoms with Crippen LogP contribution in [0, 0.1) is 0 Å². The molecule has 354 valence electrons. The lowest BCUT2D eigenvalue weighted by molar-refractivity contribution is -0.147. The summed E-state index contributed by atoms with van der Waals surface area (Å²) in [7, 11) is 0. The van der Waals surface area contributed by atoms with Crippen LogP contribution in [0.5, 0.6) is 11.5 Å². The minimum Gasteiger partial charge on any atom is -0.489 e. The van der Waals surface area contributed by atoms with Gasteiger partial charge >= 0.3 is 22.5 Å². The highest BCUT2D eigenvalue weighted by atomic mass is 32.2. The molecule has 0 saturated carbocycles. The van der Waals surface area contributed by atoms with Gasteiger partial charge in [-0.1, -0.05) is 133 Å². The average Bonchev–Trinajstić information content (AvgIpc) is 3.24. The second-order valence-electron chi connectivity index (χ2n) is 19.9. The van der Waals surface area contributed by atoms with E-state index < -0.39 is 56.4 Å². The molecule has 0 fully saturated rings. The lowest BCUT2D eigenvalue weighted by atomic mass is 9.75. The Kier molecular flexibility index (Phi) is 18.4. The molecule has 2 atom stereocenters. The first-order chi connectivity index (χ1) is 30.8. The number of hydrogen-bond donors (Lipinski definition) is 0. The Bertz CT molecular complexity index is 2090. The van der Waals surface area contributed by atoms with Crippen LogP contribution < -0.4 is 9.47 Å². The number of hydrogen-bond acceptors (Lipinski definition) is 12. The lowest BCUT2D eigenvalue weighted by Gasteiger charge is -2.33. The molecule has 4 aromatic carbocycles. The smallest absolute Gasteiger partial charge is 0.372 e. The molecule has 0 aliphatic heterocycles. The van der Waals surface area contributed by atoms with E-state index in [1.165, 1.54) is 0 Å². The van der Waals surface area contributed by atoms with E-state index in [4.69, 9.17) is 28.4 Å². The van der Waals surface area contributed by atoms with Gasteiger partial charge < -0.3 is 28.4 Å². The summed E-state index contributed by atoms with van der Waals surface area (Å²) in [4.78, 5) is 52.0. The highest BCUT2D eigenvalue weighted by Gasteiger charge is 2.33. The normalized spacial score (nSPS) is 12.8. The maximum Gasteiger partial charge on any atom is 0.372 e. The fourth-order valence-electron chi connectivity index (χ4n) is 6.69. The molecule has 0 bridgehead atoms. The molecule has 66 heavy (non-hydrogen) atoms. The maximum absolute atomic E-state index is 12.8. The van der Waals surface area contributed by atoms with Crippen LogP contribution in [0.4, 0.5) is 9.59 Å². The molecule has 0 aliphatic rings. The van der Waals surface area contributed by atoms with Crippen LogP contribution in [0.2, 0.25) is 0 Å². The second-order valence-corrected chi connectivity index (χ2v) is 21.9. The van der Waals surface area contributed by atoms with E-state index >= 15 is 0 Å². The summed E-state index contributed by atoms with van der Waals surface area (Å²) in [5.41, 5.74) is 3.97. The third-order valence-electron chi connectivity index (χ3n) is 10.1. The minimum atomic E-state index is -0.924. The Morgan fingerprint density at radius 1 is 0.485 bits per heavy atom. The molecule has 4 aromatic rings. The Balaban J connectivity index is 1.75. The van der Waals surface area contributed by atoms with Crippen molar-refractivity contribution in [3.8, 4) is 22.6 Å². The summed E-state index contributed by atoms with van der Waals surface area (Å²) in [5, 5.41) is -1.07. The Labute approximate surface area is 400 Å². The molecule has 0 saturated heterocycles. The SMILES string of the molecule is C=CC(=O)OC(COC(=O)Sc1ccccc1)COc1c(C(C)(C)C)cc(-c2cc(C(C)(C)C)c(OCC(COC(=O)Sc3ccccc3)OC(=O)C=C)c(C(C)(C)C)c2)cc1C(C)(C)C. The largest absolute Gasteiger partial charge is 0.489 e. The molecule has 0 aromatic heterocycles. The highest BCUT2D eigenvalue weighted by molar-refractivity contribution is 8.13. The summed E-state index contributed by atoms with van der Waals surface area (Å²) >= 11 is 1.88. The molecule has 0 heterocycles. The molecular formula is C54H66O10S2. The first-order valence-corrected chi connectivity index (χ1v) is 23.5. The number of rotatable bonds is 17. The number of carbonyl (C=O) groups is 4. The average molecular weight is 939 g/mol. The summed E-state index contributed by atoms with van der Waals surface area (Å²) in [6.45, 7) is 31.9. The van der Waals surface area contributed by atoms with Crippen LogP contribution in [0.3, 0.4) is 0 Å². The van der Waals surface area contributed by atoms with Crippen LogP contribution in [-0.4, -0.2) is 61.2 Å². The quantitative estimate of drug-likeness (QED) is 0.0433. The van der Waals surface area contributed by atoms with Crippen molar-refractivity contribution < 1.29 is 47.6 Å². The van der Waals surface area contributed by atoms with Crippen molar-refractivity contribution >= 4 is 46.1 Å². The van der Waals surface area contributed by atoms with Gasteiger partial charge in [-0.3, -0.25) is 0 Å². The van der Waals surface area contributed by atoms with Crippen molar-refractivity contribution in [2.24, 2.45) is 0 Å². The third kappa shape index (κ3) is 15.9. The zero-order chi connectivity index (χ0) is 49.0. The van der Waals surface area contributed by atoms with Crippen LogP contribution in [0.25, 0.3) is 11.1 Å². The van der Waals surface area contributed by atoms with Crippen molar-refractivity contribution in [1.82, 2.24) is 0 Å². The van der Waals surface area contributed by atoms with E-state index in [9.17, 15) is 19.2 Å². The molecule has 0 aliphatic carbocycles. The molecule has 10 nitrogen and oxygen atoms in total. The lowest BCUT2D eigenvalue weighted by Crippen LogP contribution is -2.31. The summed E-state index contributed by atoms with van der Waals surface area (Å²) < 4.78 is 35.8. The molecule has 0 N–H and O–H groups in total. The molecule has 0 spiro atoms. The van der Waals surface area contributed by atoms with Gasteiger partial charge in [0.1, 0.15) is 37.9 Å². The van der Waals surface area contributed by atoms with Gasteiger partial charge in [-0.15, -0.1) is 0 Å². The van der Waals surface area contributed by atoms with Gasteiger partial charge in [0, 0.05) is 44.2 Å². The number of thioether (sulfide) groups is 2. The van der Waals surface area contributed by atoms with Gasteiger partial charge in [0.2, 0.25) is 0 Å². The number of carbonyl (C=O) groups excluding carboxylic acids is 4. The van der Waals surface area contributed by atoms with Crippen LogP contribution in [-0.2, 0) is 50.2 Å². The van der Waals surface area contributed by atoms with Crippen molar-refractivity contribution in [3.63, 3.8) is 0 Å². The fourth-order valence-corrected chi connectivity index (χ4v) is 7.92. The third-order valence-corrected chi connectivity index (χ3v) is 11.7. The topological polar surface area (TPSA) is 124 Å². The van der Waals surface area contributed by atoms with Gasteiger partial charge in [0.15, 0.2) is 12.2 Å². The van der Waals surface area contributed by atoms with E-state index in [1.54, 1.807) is 0 Å². The van der Waals surface area contributed by atoms with E-state index in [1.807, 2.05) is 60.7 Å². The first-order valence-electron chi connectivity index (χ1n) is 21.9. The number of benzene rings is 4. The highest BCUT2D eigenvalue weighted by Crippen LogP contribution is 2.47. The van der Waals surface area contributed by atoms with Gasteiger partial charge in [-0.25, -0.2) is 19.2 Å². The Hall–Kier alpha value is -5.46. The maximum atomic E-state index is 12.8. The predicted molar refractivity (Wildman–Crippen MR) is 265 cm³/mol. The molecular weight excluding hydrogens is 873 g/mol. The summed E-state index contributed by atoms with van der Waals surface area (Å²) in [5.74, 6) is -0.0229. The van der Waals surface area contributed by atoms with Gasteiger partial charge in [0.25, 0.3) is 0 Å². The first kappa shape index (κ1) is 53.2. The van der Waals surface area contributed by atoms with Crippen LogP contribution in [0.1, 0.15) is 105 Å². The summed E-state index contributed by atoms with van der Waals surface area (Å²) in [6.07, 6.45) is 0.287. The zero-order valence-corrected chi connectivity index (χ0v) is 42.2. The van der Waals surface area contributed by atoms with Gasteiger partial charge in [-0.05, 0) is 105 Å². The standard InChI is InChI=1S/C54H66O10S2/c1-15-45(55)63-37(33-61-49(57)65-39-23-19-17-20-24-39)31-59-47-41(51(3,4)5)27-35(28-42(47)52(6,7)8)36-29-43(53(9,10)11)48(44(30-36)54(12,13)14)60-32-38(64-46(56)16-2)34-62-50(58)66-40-25-21-18-22-26-40/h15-30,37-38H,1-2,31-34H2,3-14H3.